The Morgan fingerprint density at radius 2 is 0.470 bits per heavy atom. The second-order valence-electron chi connectivity index (χ2n) is 22.0. The van der Waals surface area contributed by atoms with Crippen molar-refractivity contribution >= 4 is 17.9 Å². The summed E-state index contributed by atoms with van der Waals surface area (Å²) in [6, 6.07) is 0. The Hall–Kier alpha value is -4.97. The fourth-order valence-electron chi connectivity index (χ4n) is 8.97. The smallest absolute Gasteiger partial charge is 0.306 e. The van der Waals surface area contributed by atoms with Crippen LogP contribution in [0.15, 0.2) is 158 Å². The Morgan fingerprint density at radius 3 is 0.735 bits per heavy atom. The third kappa shape index (κ3) is 67.7. The van der Waals surface area contributed by atoms with Gasteiger partial charge in [-0.05, 0) is 148 Å². The average molecular weight is 1150 g/mol. The fraction of sp³-hybridized carbons (Fsp3) is 0.623. The van der Waals surface area contributed by atoms with Crippen molar-refractivity contribution in [3.63, 3.8) is 0 Å². The average Bonchev–Trinajstić information content (AvgIpc) is 3.49. The second kappa shape index (κ2) is 69.5. The van der Waals surface area contributed by atoms with Gasteiger partial charge in [-0.25, -0.2) is 0 Å². The van der Waals surface area contributed by atoms with E-state index in [4.69, 9.17) is 14.2 Å². The van der Waals surface area contributed by atoms with Crippen molar-refractivity contribution in [3.05, 3.63) is 158 Å². The van der Waals surface area contributed by atoms with Crippen LogP contribution in [0.2, 0.25) is 0 Å². The number of allylic oxidation sites excluding steroid dienone is 26. The summed E-state index contributed by atoms with van der Waals surface area (Å²) in [5.74, 6) is -0.947. The minimum atomic E-state index is -0.809. The Kier molecular flexibility index (Phi) is 65.4. The molecular formula is C77H124O6. The van der Waals surface area contributed by atoms with Gasteiger partial charge >= 0.3 is 17.9 Å². The summed E-state index contributed by atoms with van der Waals surface area (Å²) in [6.45, 7) is 6.37. The highest BCUT2D eigenvalue weighted by Gasteiger charge is 2.19. The van der Waals surface area contributed by atoms with Gasteiger partial charge in [-0.15, -0.1) is 0 Å². The van der Waals surface area contributed by atoms with E-state index in [9.17, 15) is 14.4 Å². The first kappa shape index (κ1) is 78.0. The zero-order valence-corrected chi connectivity index (χ0v) is 53.7. The minimum absolute atomic E-state index is 0.103. The summed E-state index contributed by atoms with van der Waals surface area (Å²) in [7, 11) is 0. The molecule has 0 bridgehead atoms. The summed E-state index contributed by atoms with van der Waals surface area (Å²) in [6.07, 6.45) is 101. The van der Waals surface area contributed by atoms with Gasteiger partial charge in [-0.2, -0.15) is 0 Å². The summed E-state index contributed by atoms with van der Waals surface area (Å²) in [5.41, 5.74) is 0. The van der Waals surface area contributed by atoms with Crippen LogP contribution in [0.4, 0.5) is 0 Å². The maximum absolute atomic E-state index is 13.0. The highest BCUT2D eigenvalue weighted by molar-refractivity contribution is 5.71. The quantitative estimate of drug-likeness (QED) is 0.0261. The topological polar surface area (TPSA) is 78.9 Å². The first-order valence-electron chi connectivity index (χ1n) is 34.0. The molecule has 0 saturated heterocycles. The van der Waals surface area contributed by atoms with Gasteiger partial charge in [0.25, 0.3) is 0 Å². The van der Waals surface area contributed by atoms with E-state index in [0.717, 1.165) is 167 Å². The molecule has 0 aliphatic heterocycles. The zero-order valence-electron chi connectivity index (χ0n) is 53.7. The number of carbonyl (C=O) groups excluding carboxylic acids is 3. The van der Waals surface area contributed by atoms with Gasteiger partial charge in [0.05, 0.1) is 0 Å². The number of rotatable bonds is 60. The first-order chi connectivity index (χ1) is 41.0. The summed E-state index contributed by atoms with van der Waals surface area (Å²) >= 11 is 0. The van der Waals surface area contributed by atoms with Crippen LogP contribution < -0.4 is 0 Å². The van der Waals surface area contributed by atoms with Crippen molar-refractivity contribution < 1.29 is 28.6 Å². The highest BCUT2D eigenvalue weighted by atomic mass is 16.6. The van der Waals surface area contributed by atoms with Gasteiger partial charge in [0.15, 0.2) is 6.10 Å². The zero-order chi connectivity index (χ0) is 59.9. The van der Waals surface area contributed by atoms with Gasteiger partial charge < -0.3 is 14.2 Å². The monoisotopic (exact) mass is 1140 g/mol. The number of hydrogen-bond acceptors (Lipinski definition) is 6. The predicted octanol–water partition coefficient (Wildman–Crippen LogP) is 23.7. The van der Waals surface area contributed by atoms with Gasteiger partial charge in [-0.3, -0.25) is 14.4 Å². The molecule has 0 amide bonds. The molecule has 0 rings (SSSR count). The lowest BCUT2D eigenvalue weighted by molar-refractivity contribution is -0.167. The van der Waals surface area contributed by atoms with Crippen molar-refractivity contribution in [3.8, 4) is 0 Å². The lowest BCUT2D eigenvalue weighted by Crippen LogP contribution is -2.30. The molecule has 1 atom stereocenters. The van der Waals surface area contributed by atoms with E-state index in [0.29, 0.717) is 19.3 Å². The number of unbranched alkanes of at least 4 members (excludes halogenated alkanes) is 23. The molecule has 0 aliphatic rings. The van der Waals surface area contributed by atoms with Gasteiger partial charge in [0.1, 0.15) is 13.2 Å². The van der Waals surface area contributed by atoms with Crippen molar-refractivity contribution in [2.75, 3.05) is 13.2 Å². The van der Waals surface area contributed by atoms with E-state index >= 15 is 0 Å². The number of esters is 3. The van der Waals surface area contributed by atoms with E-state index in [-0.39, 0.29) is 31.1 Å². The summed E-state index contributed by atoms with van der Waals surface area (Å²) in [5, 5.41) is 0. The molecule has 0 fully saturated rings. The number of hydrogen-bond donors (Lipinski definition) is 0. The van der Waals surface area contributed by atoms with Gasteiger partial charge in [0.2, 0.25) is 0 Å². The van der Waals surface area contributed by atoms with Crippen molar-refractivity contribution in [1.82, 2.24) is 0 Å². The van der Waals surface area contributed by atoms with Crippen LogP contribution in [-0.4, -0.2) is 37.2 Å². The van der Waals surface area contributed by atoms with Crippen LogP contribution >= 0.6 is 0 Å². The molecule has 6 nitrogen and oxygen atoms in total. The van der Waals surface area contributed by atoms with E-state index in [1.807, 2.05) is 0 Å². The molecule has 6 heteroatoms. The Balaban J connectivity index is 4.48. The Labute approximate surface area is 511 Å². The number of ether oxygens (including phenoxy) is 3. The minimum Gasteiger partial charge on any atom is -0.462 e. The molecule has 0 aromatic heterocycles. The molecule has 83 heavy (non-hydrogen) atoms. The van der Waals surface area contributed by atoms with Crippen LogP contribution in [0.1, 0.15) is 290 Å². The molecule has 1 unspecified atom stereocenters. The Bertz CT molecular complexity index is 1840. The third-order valence-electron chi connectivity index (χ3n) is 14.0. The highest BCUT2D eigenvalue weighted by Crippen LogP contribution is 2.15. The first-order valence-corrected chi connectivity index (χ1v) is 34.0. The molecule has 0 aromatic rings. The lowest BCUT2D eigenvalue weighted by Gasteiger charge is -2.18. The molecule has 0 radical (unpaired) electrons. The maximum atomic E-state index is 13.0. The lowest BCUT2D eigenvalue weighted by atomic mass is 10.1. The van der Waals surface area contributed by atoms with Crippen LogP contribution in [-0.2, 0) is 28.6 Å². The summed E-state index contributed by atoms with van der Waals surface area (Å²) < 4.78 is 16.9. The van der Waals surface area contributed by atoms with Crippen LogP contribution in [0.25, 0.3) is 0 Å². The largest absolute Gasteiger partial charge is 0.462 e. The van der Waals surface area contributed by atoms with Crippen molar-refractivity contribution in [2.45, 2.75) is 297 Å². The van der Waals surface area contributed by atoms with E-state index in [2.05, 4.69) is 179 Å². The standard InChI is InChI=1S/C77H124O6/c1-4-7-10-13-16-19-22-25-28-31-33-35-37-38-40-41-43-46-49-52-55-58-61-64-67-70-76(79)82-73-74(72-81-75(78)69-66-63-60-57-54-51-48-45-30-27-24-21-18-15-12-9-6-3)83-77(80)71-68-65-62-59-56-53-50-47-44-42-39-36-34-32-29-26-23-20-17-14-11-8-5-2/h7,9-10,12,16,18-19,21,23,25-28,30,32-35,38-40,42-43,46,48,51,74H,4-6,8,11,13-15,17,20,22,24,29,31,36-37,41,44-45,47,49-50,52-73H2,1-3H3/b10-7-,12-9-,19-16-,21-18-,26-23-,28-25-,30-27-,34-32-,35-33-,40-38-,42-39-,46-43-,51-48-. The molecule has 0 N–H and O–H groups in total. The van der Waals surface area contributed by atoms with Crippen LogP contribution in [0, 0.1) is 0 Å². The van der Waals surface area contributed by atoms with Crippen LogP contribution in [0.3, 0.4) is 0 Å². The normalized spacial score (nSPS) is 13.1. The predicted molar refractivity (Wildman–Crippen MR) is 362 cm³/mol. The molecule has 0 saturated carbocycles. The van der Waals surface area contributed by atoms with Gasteiger partial charge in [0, 0.05) is 19.3 Å². The van der Waals surface area contributed by atoms with E-state index in [1.165, 1.54) is 83.5 Å². The van der Waals surface area contributed by atoms with Gasteiger partial charge in [-0.1, -0.05) is 281 Å². The van der Waals surface area contributed by atoms with E-state index in [1.54, 1.807) is 0 Å². The number of carbonyl (C=O) groups is 3. The van der Waals surface area contributed by atoms with E-state index < -0.39 is 6.10 Å². The van der Waals surface area contributed by atoms with Crippen molar-refractivity contribution in [1.29, 1.82) is 0 Å². The molecule has 0 heterocycles. The van der Waals surface area contributed by atoms with Crippen molar-refractivity contribution in [2.24, 2.45) is 0 Å². The fourth-order valence-corrected chi connectivity index (χ4v) is 8.97. The third-order valence-corrected chi connectivity index (χ3v) is 14.0. The molecule has 0 aromatic carbocycles. The SMILES string of the molecule is CC/C=C\C/C=C\C/C=C\C/C=C\C/C=C\C/C=C\CCCCCCCCC(=O)OCC(COC(=O)CCCCCC/C=C\C/C=C\C/C=C\C/C=C\CC)OC(=O)CCCCCCCCCC/C=C\C/C=C\C/C=C\CCCCCCC. The maximum Gasteiger partial charge on any atom is 0.306 e. The molecule has 468 valence electrons. The second-order valence-corrected chi connectivity index (χ2v) is 22.0. The van der Waals surface area contributed by atoms with Crippen LogP contribution in [0.5, 0.6) is 0 Å². The molecule has 0 aliphatic carbocycles. The Morgan fingerprint density at radius 1 is 0.253 bits per heavy atom. The molecule has 0 spiro atoms. The summed E-state index contributed by atoms with van der Waals surface area (Å²) in [4.78, 5) is 38.5. The molecular weight excluding hydrogens is 1020 g/mol.